The number of halogens is 2. The van der Waals surface area contributed by atoms with E-state index in [4.69, 9.17) is 0 Å². The number of nitrogens with zero attached hydrogens (tertiary/aromatic N) is 1. The molecule has 17 heavy (non-hydrogen) atoms. The molecule has 1 heterocycles. The maximum Gasteiger partial charge on any atom is 0.134 e. The van der Waals surface area contributed by atoms with E-state index in [1.165, 1.54) is 0 Å². The van der Waals surface area contributed by atoms with Crippen molar-refractivity contribution in [3.63, 3.8) is 0 Å². The molecule has 5 heteroatoms. The number of benzene rings is 1. The molecule has 0 aromatic heterocycles. The highest BCUT2D eigenvalue weighted by Gasteiger charge is 2.24. The average molecular weight is 303 g/mol. The van der Waals surface area contributed by atoms with Crippen molar-refractivity contribution in [2.45, 2.75) is 6.04 Å². The zero-order valence-electron chi connectivity index (χ0n) is 9.50. The molecule has 1 aromatic rings. The molecule has 0 saturated carbocycles. The molecule has 1 fully saturated rings. The van der Waals surface area contributed by atoms with Crippen LogP contribution < -0.4 is 5.32 Å². The third-order valence-corrected chi connectivity index (χ3v) is 3.76. The van der Waals surface area contributed by atoms with Crippen molar-refractivity contribution in [2.75, 3.05) is 32.9 Å². The van der Waals surface area contributed by atoms with Crippen LogP contribution in [0.4, 0.5) is 4.39 Å². The maximum absolute atomic E-state index is 13.3. The molecule has 0 bridgehead atoms. The van der Waals surface area contributed by atoms with Gasteiger partial charge in [-0.15, -0.1) is 0 Å². The van der Waals surface area contributed by atoms with Gasteiger partial charge in [-0.3, -0.25) is 4.90 Å². The Bertz CT molecular complexity index is 383. The van der Waals surface area contributed by atoms with Crippen LogP contribution in [0.2, 0.25) is 0 Å². The number of para-hydroxylation sites is 1. The number of phenols is 1. The number of rotatable bonds is 3. The van der Waals surface area contributed by atoms with Crippen LogP contribution in [0.25, 0.3) is 0 Å². The first kappa shape index (κ1) is 12.8. The summed E-state index contributed by atoms with van der Waals surface area (Å²) in [4.78, 5) is 2.07. The van der Waals surface area contributed by atoms with E-state index in [0.29, 0.717) is 10.0 Å². The Morgan fingerprint density at radius 3 is 2.76 bits per heavy atom. The molecule has 0 unspecified atom stereocenters. The highest BCUT2D eigenvalue weighted by atomic mass is 79.9. The minimum atomic E-state index is -0.482. The van der Waals surface area contributed by atoms with Gasteiger partial charge in [0.05, 0.1) is 10.5 Å². The van der Waals surface area contributed by atoms with E-state index >= 15 is 0 Å². The fourth-order valence-corrected chi connectivity index (χ4v) is 2.55. The van der Waals surface area contributed by atoms with Crippen LogP contribution in [0, 0.1) is 0 Å². The monoisotopic (exact) mass is 302 g/mol. The van der Waals surface area contributed by atoms with Gasteiger partial charge in [0, 0.05) is 31.7 Å². The quantitative estimate of drug-likeness (QED) is 0.897. The fraction of sp³-hybridized carbons (Fsp3) is 0.500. The van der Waals surface area contributed by atoms with E-state index in [2.05, 4.69) is 26.1 Å². The number of aromatic hydroxyl groups is 1. The van der Waals surface area contributed by atoms with E-state index in [9.17, 15) is 9.50 Å². The Hall–Kier alpha value is -0.650. The van der Waals surface area contributed by atoms with Crippen LogP contribution in [-0.4, -0.2) is 42.9 Å². The molecule has 0 amide bonds. The van der Waals surface area contributed by atoms with Gasteiger partial charge >= 0.3 is 0 Å². The summed E-state index contributed by atoms with van der Waals surface area (Å²) in [6.45, 7) is 2.86. The van der Waals surface area contributed by atoms with Crippen LogP contribution in [0.5, 0.6) is 5.75 Å². The number of hydrogen-bond acceptors (Lipinski definition) is 3. The first-order chi connectivity index (χ1) is 8.24. The zero-order valence-corrected chi connectivity index (χ0v) is 11.1. The summed E-state index contributed by atoms with van der Waals surface area (Å²) in [6, 6.07) is 5.01. The van der Waals surface area contributed by atoms with Gasteiger partial charge in [-0.25, -0.2) is 4.39 Å². The van der Waals surface area contributed by atoms with Crippen molar-refractivity contribution in [2.24, 2.45) is 0 Å². The largest absolute Gasteiger partial charge is 0.506 e. The van der Waals surface area contributed by atoms with Crippen LogP contribution in [0.15, 0.2) is 22.7 Å². The highest BCUT2D eigenvalue weighted by Crippen LogP contribution is 2.34. The van der Waals surface area contributed by atoms with Gasteiger partial charge in [-0.1, -0.05) is 12.1 Å². The fourth-order valence-electron chi connectivity index (χ4n) is 2.17. The lowest BCUT2D eigenvalue weighted by Gasteiger charge is -2.34. The van der Waals surface area contributed by atoms with E-state index in [1.807, 2.05) is 6.07 Å². The zero-order chi connectivity index (χ0) is 12.3. The van der Waals surface area contributed by atoms with Crippen LogP contribution in [0.3, 0.4) is 0 Å². The van der Waals surface area contributed by atoms with Gasteiger partial charge in [0.25, 0.3) is 0 Å². The lowest BCUT2D eigenvalue weighted by atomic mass is 10.0. The molecule has 2 N–H and O–H groups in total. The number of alkyl halides is 1. The van der Waals surface area contributed by atoms with Gasteiger partial charge in [-0.2, -0.15) is 0 Å². The Labute approximate surface area is 109 Å². The second-order valence-corrected chi connectivity index (χ2v) is 4.99. The number of phenolic OH excluding ortho intramolecular Hbond substituents is 1. The van der Waals surface area contributed by atoms with Crippen molar-refractivity contribution >= 4 is 15.9 Å². The SMILES string of the molecule is Oc1c(Br)cccc1[C@@H](CF)N1CCNCC1. The molecule has 1 atom stereocenters. The van der Waals surface area contributed by atoms with Crippen LogP contribution in [-0.2, 0) is 0 Å². The molecule has 0 radical (unpaired) electrons. The lowest BCUT2D eigenvalue weighted by molar-refractivity contribution is 0.145. The van der Waals surface area contributed by atoms with Gasteiger partial charge in [-0.05, 0) is 22.0 Å². The number of piperazine rings is 1. The summed E-state index contributed by atoms with van der Waals surface area (Å²) in [5.41, 5.74) is 0.656. The van der Waals surface area contributed by atoms with Crippen LogP contribution in [0.1, 0.15) is 11.6 Å². The molecular weight excluding hydrogens is 287 g/mol. The van der Waals surface area contributed by atoms with Crippen molar-refractivity contribution in [3.05, 3.63) is 28.2 Å². The molecule has 1 aromatic carbocycles. The predicted octanol–water partition coefficient (Wildman–Crippen LogP) is 2.07. The normalized spacial score (nSPS) is 19.2. The molecule has 0 spiro atoms. The first-order valence-electron chi connectivity index (χ1n) is 5.72. The Morgan fingerprint density at radius 2 is 2.12 bits per heavy atom. The Balaban J connectivity index is 2.24. The summed E-state index contributed by atoms with van der Waals surface area (Å²) in [7, 11) is 0. The summed E-state index contributed by atoms with van der Waals surface area (Å²) in [5, 5.41) is 13.2. The minimum absolute atomic E-state index is 0.147. The van der Waals surface area contributed by atoms with Crippen LogP contribution >= 0.6 is 15.9 Å². The summed E-state index contributed by atoms with van der Waals surface area (Å²) >= 11 is 3.26. The average Bonchev–Trinajstić information content (AvgIpc) is 2.37. The van der Waals surface area contributed by atoms with E-state index in [0.717, 1.165) is 26.2 Å². The Morgan fingerprint density at radius 1 is 1.41 bits per heavy atom. The standard InChI is InChI=1S/C12H16BrFN2O/c13-10-3-1-2-9(12(10)17)11(8-14)16-6-4-15-5-7-16/h1-3,11,15,17H,4-8H2/t11-/m1/s1. The van der Waals surface area contributed by atoms with E-state index in [-0.39, 0.29) is 11.8 Å². The molecule has 2 rings (SSSR count). The smallest absolute Gasteiger partial charge is 0.134 e. The number of hydrogen-bond donors (Lipinski definition) is 2. The van der Waals surface area contributed by atoms with E-state index in [1.54, 1.807) is 12.1 Å². The molecule has 3 nitrogen and oxygen atoms in total. The molecule has 94 valence electrons. The third-order valence-electron chi connectivity index (χ3n) is 3.12. The Kier molecular flexibility index (Phi) is 4.36. The lowest BCUT2D eigenvalue weighted by Crippen LogP contribution is -2.45. The molecule has 1 aliphatic rings. The predicted molar refractivity (Wildman–Crippen MR) is 69.0 cm³/mol. The van der Waals surface area contributed by atoms with Crippen molar-refractivity contribution in [3.8, 4) is 5.75 Å². The molecule has 1 saturated heterocycles. The second-order valence-electron chi connectivity index (χ2n) is 4.13. The summed E-state index contributed by atoms with van der Waals surface area (Å²) in [6.07, 6.45) is 0. The van der Waals surface area contributed by atoms with Gasteiger partial charge < -0.3 is 10.4 Å². The first-order valence-corrected chi connectivity index (χ1v) is 6.51. The van der Waals surface area contributed by atoms with Gasteiger partial charge in [0.15, 0.2) is 0 Å². The van der Waals surface area contributed by atoms with Crippen molar-refractivity contribution in [1.82, 2.24) is 10.2 Å². The van der Waals surface area contributed by atoms with E-state index < -0.39 is 6.67 Å². The minimum Gasteiger partial charge on any atom is -0.506 e. The summed E-state index contributed by atoms with van der Waals surface area (Å²) < 4.78 is 13.9. The molecule has 1 aliphatic heterocycles. The third kappa shape index (κ3) is 2.78. The highest BCUT2D eigenvalue weighted by molar-refractivity contribution is 9.10. The second kappa shape index (κ2) is 5.80. The molecular formula is C12H16BrFN2O. The number of nitrogens with one attached hydrogen (secondary N) is 1. The summed E-state index contributed by atoms with van der Waals surface area (Å²) in [5.74, 6) is 0.147. The maximum atomic E-state index is 13.3. The topological polar surface area (TPSA) is 35.5 Å². The van der Waals surface area contributed by atoms with Crippen molar-refractivity contribution in [1.29, 1.82) is 0 Å². The van der Waals surface area contributed by atoms with Gasteiger partial charge in [0.2, 0.25) is 0 Å². The molecule has 0 aliphatic carbocycles. The van der Waals surface area contributed by atoms with Crippen molar-refractivity contribution < 1.29 is 9.50 Å². The van der Waals surface area contributed by atoms with Gasteiger partial charge in [0.1, 0.15) is 12.4 Å².